The van der Waals surface area contributed by atoms with Crippen LogP contribution in [0.3, 0.4) is 0 Å². The molecule has 0 unspecified atom stereocenters. The number of aromatic nitrogens is 1. The predicted molar refractivity (Wildman–Crippen MR) is 145 cm³/mol. The normalized spacial score (nSPS) is 11.8. The molecule has 0 radical (unpaired) electrons. The number of benzene rings is 2. The zero-order valence-corrected chi connectivity index (χ0v) is 22.8. The highest BCUT2D eigenvalue weighted by atomic mass is 35.5. The van der Waals surface area contributed by atoms with Crippen molar-refractivity contribution in [1.82, 2.24) is 9.88 Å². The SMILES string of the molecule is CCCNc1nc2ccc(OS(=O)(=O)c3ccc(NCCN(C(C)C)C(C)C)cc3)cc2s1.Cl. The second-order valence-electron chi connectivity index (χ2n) is 8.49. The molecule has 3 rings (SSSR count). The Labute approximate surface area is 213 Å². The van der Waals surface area contributed by atoms with Crippen molar-refractivity contribution in [2.75, 3.05) is 30.3 Å². The van der Waals surface area contributed by atoms with E-state index < -0.39 is 10.1 Å². The fourth-order valence-electron chi connectivity index (χ4n) is 3.62. The number of hydrogen-bond acceptors (Lipinski definition) is 8. The maximum absolute atomic E-state index is 12.8. The van der Waals surface area contributed by atoms with Gasteiger partial charge in [0, 0.05) is 43.5 Å². The molecule has 2 N–H and O–H groups in total. The van der Waals surface area contributed by atoms with Crippen LogP contribution in [0.2, 0.25) is 0 Å². The number of halogens is 1. The third-order valence-electron chi connectivity index (χ3n) is 5.26. The van der Waals surface area contributed by atoms with Crippen molar-refractivity contribution in [1.29, 1.82) is 0 Å². The van der Waals surface area contributed by atoms with Crippen LogP contribution in [-0.4, -0.2) is 50.0 Å². The van der Waals surface area contributed by atoms with Gasteiger partial charge in [-0.25, -0.2) is 4.98 Å². The highest BCUT2D eigenvalue weighted by molar-refractivity contribution is 7.87. The number of fused-ring (bicyclic) bond motifs is 1. The molecule has 0 fully saturated rings. The lowest BCUT2D eigenvalue weighted by Crippen LogP contribution is -2.40. The van der Waals surface area contributed by atoms with Crippen LogP contribution in [0.5, 0.6) is 5.75 Å². The summed E-state index contributed by atoms with van der Waals surface area (Å²) in [4.78, 5) is 7.03. The average Bonchev–Trinajstić information content (AvgIpc) is 3.17. The molecular weight excluding hydrogens is 492 g/mol. The molecule has 0 spiro atoms. The summed E-state index contributed by atoms with van der Waals surface area (Å²) in [5.74, 6) is 0.276. The summed E-state index contributed by atoms with van der Waals surface area (Å²) in [7, 11) is -3.93. The maximum atomic E-state index is 12.8. The molecule has 0 saturated carbocycles. The van der Waals surface area contributed by atoms with Gasteiger partial charge in [0.05, 0.1) is 10.2 Å². The summed E-state index contributed by atoms with van der Waals surface area (Å²) in [6.45, 7) is 13.4. The van der Waals surface area contributed by atoms with Gasteiger partial charge >= 0.3 is 10.1 Å². The molecule has 0 aliphatic carbocycles. The Morgan fingerprint density at radius 1 is 1.00 bits per heavy atom. The first-order chi connectivity index (χ1) is 15.7. The van der Waals surface area contributed by atoms with Gasteiger partial charge in [-0.3, -0.25) is 4.90 Å². The van der Waals surface area contributed by atoms with Crippen LogP contribution in [0, 0.1) is 0 Å². The Bertz CT molecular complexity index is 1140. The summed E-state index contributed by atoms with van der Waals surface area (Å²) < 4.78 is 31.8. The molecule has 2 aromatic carbocycles. The van der Waals surface area contributed by atoms with Crippen LogP contribution in [0.15, 0.2) is 47.4 Å². The Hall–Kier alpha value is -2.07. The van der Waals surface area contributed by atoms with E-state index in [4.69, 9.17) is 4.18 Å². The fourth-order valence-corrected chi connectivity index (χ4v) is 5.46. The van der Waals surface area contributed by atoms with E-state index >= 15 is 0 Å². The van der Waals surface area contributed by atoms with Crippen molar-refractivity contribution in [3.05, 3.63) is 42.5 Å². The highest BCUT2D eigenvalue weighted by Crippen LogP contribution is 2.30. The molecule has 7 nitrogen and oxygen atoms in total. The molecule has 188 valence electrons. The lowest BCUT2D eigenvalue weighted by Gasteiger charge is -2.30. The number of thiazole rings is 1. The number of nitrogens with zero attached hydrogens (tertiary/aromatic N) is 2. The van der Waals surface area contributed by atoms with Gasteiger partial charge in [0.1, 0.15) is 10.6 Å². The van der Waals surface area contributed by atoms with Crippen LogP contribution in [0.25, 0.3) is 10.2 Å². The molecule has 1 aromatic heterocycles. The first-order valence-electron chi connectivity index (χ1n) is 11.4. The van der Waals surface area contributed by atoms with E-state index in [1.165, 1.54) is 11.3 Å². The van der Waals surface area contributed by atoms with Gasteiger partial charge in [0.15, 0.2) is 5.13 Å². The Kier molecular flexibility index (Phi) is 10.4. The van der Waals surface area contributed by atoms with Gasteiger partial charge in [0.2, 0.25) is 0 Å². The Morgan fingerprint density at radius 3 is 2.29 bits per heavy atom. The number of rotatable bonds is 12. The Balaban J connectivity index is 0.00000408. The van der Waals surface area contributed by atoms with Crippen molar-refractivity contribution in [2.24, 2.45) is 0 Å². The minimum atomic E-state index is -3.93. The fraction of sp³-hybridized carbons (Fsp3) is 0.458. The summed E-state index contributed by atoms with van der Waals surface area (Å²) in [6.07, 6.45) is 1.01. The minimum absolute atomic E-state index is 0. The molecular formula is C24H35ClN4O3S2. The molecule has 0 aliphatic heterocycles. The van der Waals surface area contributed by atoms with E-state index in [0.717, 1.165) is 47.1 Å². The maximum Gasteiger partial charge on any atom is 0.339 e. The van der Waals surface area contributed by atoms with E-state index in [-0.39, 0.29) is 23.1 Å². The molecule has 0 saturated heterocycles. The summed E-state index contributed by atoms with van der Waals surface area (Å²) in [6, 6.07) is 12.7. The van der Waals surface area contributed by atoms with Crippen LogP contribution < -0.4 is 14.8 Å². The van der Waals surface area contributed by atoms with Crippen molar-refractivity contribution < 1.29 is 12.6 Å². The van der Waals surface area contributed by atoms with Gasteiger partial charge in [-0.2, -0.15) is 8.42 Å². The number of anilines is 2. The summed E-state index contributed by atoms with van der Waals surface area (Å²) in [5.41, 5.74) is 1.69. The topological polar surface area (TPSA) is 83.6 Å². The molecule has 10 heteroatoms. The molecule has 0 bridgehead atoms. The molecule has 0 atom stereocenters. The first-order valence-corrected chi connectivity index (χ1v) is 13.6. The smallest absolute Gasteiger partial charge is 0.339 e. The second kappa shape index (κ2) is 12.6. The van der Waals surface area contributed by atoms with Crippen molar-refractivity contribution >= 4 is 54.9 Å². The van der Waals surface area contributed by atoms with Crippen molar-refractivity contribution in [3.63, 3.8) is 0 Å². The largest absolute Gasteiger partial charge is 0.384 e. The van der Waals surface area contributed by atoms with Gasteiger partial charge < -0.3 is 14.8 Å². The first kappa shape index (κ1) is 28.2. The van der Waals surface area contributed by atoms with Gasteiger partial charge in [0.25, 0.3) is 0 Å². The highest BCUT2D eigenvalue weighted by Gasteiger charge is 2.18. The summed E-state index contributed by atoms with van der Waals surface area (Å²) >= 11 is 1.48. The van der Waals surface area contributed by atoms with Gasteiger partial charge in [-0.1, -0.05) is 18.3 Å². The van der Waals surface area contributed by atoms with E-state index in [1.54, 1.807) is 42.5 Å². The van der Waals surface area contributed by atoms with E-state index in [0.29, 0.717) is 12.1 Å². The molecule has 3 aromatic rings. The molecule has 1 heterocycles. The van der Waals surface area contributed by atoms with Gasteiger partial charge in [-0.15, -0.1) is 12.4 Å². The molecule has 0 aliphatic rings. The quantitative estimate of drug-likeness (QED) is 0.287. The van der Waals surface area contributed by atoms with Crippen LogP contribution in [0.1, 0.15) is 41.0 Å². The third-order valence-corrected chi connectivity index (χ3v) is 7.50. The van der Waals surface area contributed by atoms with Crippen LogP contribution in [0.4, 0.5) is 10.8 Å². The van der Waals surface area contributed by atoms with Crippen LogP contribution >= 0.6 is 23.7 Å². The van der Waals surface area contributed by atoms with E-state index in [2.05, 4.69) is 55.1 Å². The predicted octanol–water partition coefficient (Wildman–Crippen LogP) is 5.84. The monoisotopic (exact) mass is 526 g/mol. The Morgan fingerprint density at radius 2 is 1.68 bits per heavy atom. The van der Waals surface area contributed by atoms with E-state index in [9.17, 15) is 8.42 Å². The molecule has 34 heavy (non-hydrogen) atoms. The minimum Gasteiger partial charge on any atom is -0.384 e. The third kappa shape index (κ3) is 7.46. The summed E-state index contributed by atoms with van der Waals surface area (Å²) in [5, 5.41) is 7.43. The number of hydrogen-bond donors (Lipinski definition) is 2. The van der Waals surface area contributed by atoms with E-state index in [1.807, 2.05) is 0 Å². The van der Waals surface area contributed by atoms with Crippen molar-refractivity contribution in [3.8, 4) is 5.75 Å². The van der Waals surface area contributed by atoms with Gasteiger partial charge in [-0.05, 0) is 70.5 Å². The lowest BCUT2D eigenvalue weighted by molar-refractivity contribution is 0.182. The zero-order valence-electron chi connectivity index (χ0n) is 20.4. The lowest BCUT2D eigenvalue weighted by atomic mass is 10.2. The molecule has 0 amide bonds. The number of nitrogens with one attached hydrogen (secondary N) is 2. The average molecular weight is 527 g/mol. The zero-order chi connectivity index (χ0) is 24.0. The standard InChI is InChI=1S/C24H34N4O3S2.ClH/c1-6-13-26-24-27-22-12-9-20(16-23(22)32-24)31-33(29,30)21-10-7-19(8-11-21)25-14-15-28(17(2)3)18(4)5;/h7-12,16-18,25H,6,13-15H2,1-5H3,(H,26,27);1H. The second-order valence-corrected chi connectivity index (χ2v) is 11.1. The van der Waals surface area contributed by atoms with Crippen molar-refractivity contribution in [2.45, 2.75) is 58.0 Å². The van der Waals surface area contributed by atoms with Crippen LogP contribution in [-0.2, 0) is 10.1 Å².